The van der Waals surface area contributed by atoms with E-state index in [9.17, 15) is 33.6 Å². The number of carbonyl (C=O) groups excluding carboxylic acids is 4. The van der Waals surface area contributed by atoms with Gasteiger partial charge in [0.25, 0.3) is 17.7 Å². The number of nitrogens with one attached hydrogen (secondary N) is 3. The lowest BCUT2D eigenvalue weighted by molar-refractivity contribution is -0.116. The predicted molar refractivity (Wildman–Crippen MR) is 262 cm³/mol. The van der Waals surface area contributed by atoms with Gasteiger partial charge >= 0.3 is 16.9 Å². The highest BCUT2D eigenvalue weighted by molar-refractivity contribution is 6.08. The lowest BCUT2D eigenvalue weighted by Gasteiger charge is -2.16. The molecule has 0 saturated heterocycles. The Labute approximate surface area is 397 Å². The summed E-state index contributed by atoms with van der Waals surface area (Å²) < 4.78 is 33.0. The second-order valence-corrected chi connectivity index (χ2v) is 16.5. The second kappa shape index (κ2) is 19.3. The van der Waals surface area contributed by atoms with E-state index in [1.807, 2.05) is 6.07 Å². The molecule has 0 bridgehead atoms. The lowest BCUT2D eigenvalue weighted by Crippen LogP contribution is -2.29. The van der Waals surface area contributed by atoms with Crippen molar-refractivity contribution >= 4 is 73.6 Å². The third-order valence-corrected chi connectivity index (χ3v) is 12.0. The van der Waals surface area contributed by atoms with Crippen LogP contribution in [0.1, 0.15) is 62.0 Å². The molecule has 3 aromatic heterocycles. The van der Waals surface area contributed by atoms with Crippen LogP contribution in [0.5, 0.6) is 17.2 Å². The fourth-order valence-electron chi connectivity index (χ4n) is 8.54. The van der Waals surface area contributed by atoms with Crippen LogP contribution in [0.15, 0.2) is 131 Å². The molecule has 5 aromatic carbocycles. The van der Waals surface area contributed by atoms with Crippen LogP contribution in [0.25, 0.3) is 44.0 Å². The van der Waals surface area contributed by atoms with Crippen molar-refractivity contribution in [1.29, 1.82) is 0 Å². The highest BCUT2D eigenvalue weighted by Gasteiger charge is 2.24. The summed E-state index contributed by atoms with van der Waals surface area (Å²) in [5, 5.41) is 9.70. The monoisotopic (exact) mass is 944 g/mol. The van der Waals surface area contributed by atoms with Crippen LogP contribution in [0.3, 0.4) is 0 Å². The largest absolute Gasteiger partial charge is 0.493 e. The number of unbranched alkanes of at least 4 members (excludes halogenated alkanes) is 1. The lowest BCUT2D eigenvalue weighted by atomic mass is 10.0. The second-order valence-electron chi connectivity index (χ2n) is 16.5. The summed E-state index contributed by atoms with van der Waals surface area (Å²) in [6.07, 6.45) is 2.44. The van der Waals surface area contributed by atoms with E-state index in [2.05, 4.69) is 16.0 Å². The van der Waals surface area contributed by atoms with Crippen LogP contribution in [0.4, 0.5) is 17.1 Å². The molecule has 1 aliphatic heterocycles. The van der Waals surface area contributed by atoms with E-state index in [-0.39, 0.29) is 51.6 Å². The third-order valence-electron chi connectivity index (χ3n) is 12.0. The molecular weight excluding hydrogens is 901 g/mol. The number of carbonyl (C=O) groups is 4. The molecule has 0 aliphatic carbocycles. The number of anilines is 3. The van der Waals surface area contributed by atoms with Gasteiger partial charge in [0.1, 0.15) is 16.7 Å². The van der Waals surface area contributed by atoms with Gasteiger partial charge in [-0.15, -0.1) is 0 Å². The van der Waals surface area contributed by atoms with Gasteiger partial charge in [-0.05, 0) is 121 Å². The highest BCUT2D eigenvalue weighted by atomic mass is 16.5. The van der Waals surface area contributed by atoms with Gasteiger partial charge < -0.3 is 48.3 Å². The summed E-state index contributed by atoms with van der Waals surface area (Å²) in [6, 6.07) is 28.4. The quantitative estimate of drug-likeness (QED) is 0.0698. The van der Waals surface area contributed by atoms with Crippen LogP contribution in [-0.4, -0.2) is 58.0 Å². The van der Waals surface area contributed by atoms with Crippen LogP contribution >= 0.6 is 0 Å². The molecule has 4 heterocycles. The van der Waals surface area contributed by atoms with E-state index in [1.165, 1.54) is 46.5 Å². The van der Waals surface area contributed by atoms with Gasteiger partial charge in [0.2, 0.25) is 5.91 Å². The summed E-state index contributed by atoms with van der Waals surface area (Å²) >= 11 is 0. The molecule has 4 amide bonds. The van der Waals surface area contributed by atoms with Gasteiger partial charge in [-0.25, -0.2) is 14.4 Å². The summed E-state index contributed by atoms with van der Waals surface area (Å²) in [5.41, 5.74) is 1.85. The van der Waals surface area contributed by atoms with Gasteiger partial charge in [-0.2, -0.15) is 0 Å². The van der Waals surface area contributed by atoms with E-state index in [1.54, 1.807) is 83.8 Å². The summed E-state index contributed by atoms with van der Waals surface area (Å²) in [6.45, 7) is 2.30. The fourth-order valence-corrected chi connectivity index (χ4v) is 8.54. The number of rotatable bonds is 14. The molecule has 0 atom stereocenters. The molecule has 354 valence electrons. The standard InChI is InChI=1S/C53H44N4O13/c1-28(58)57-18-16-30-14-15-37(27-41(30)57)56-50(61)40-25-35-21-33(26-44(67-4)47(35)70-53(40)64)31-10-7-12-36(22-31)55-49(60)39-24-34-19-29(20-43(66-3)46(34)69-52(39)63)9-5-6-17-54-48(59)38-23-32-11-8-13-42(65-2)45(32)68-51(38)62/h7-8,10-15,19-27H,5-6,9,16-18H2,1-4H3,(H,54,59)(H,55,60)(H,56,61). The Bertz CT molecular complexity index is 3630. The molecule has 1 aliphatic rings. The normalized spacial score (nSPS) is 11.9. The summed E-state index contributed by atoms with van der Waals surface area (Å²) in [7, 11) is 4.32. The van der Waals surface area contributed by atoms with Crippen LogP contribution in [0.2, 0.25) is 0 Å². The first kappa shape index (κ1) is 46.1. The molecule has 3 N–H and O–H groups in total. The first-order chi connectivity index (χ1) is 33.8. The minimum atomic E-state index is -0.878. The van der Waals surface area contributed by atoms with Crippen LogP contribution in [-0.2, 0) is 17.6 Å². The molecule has 0 spiro atoms. The van der Waals surface area contributed by atoms with Crippen molar-refractivity contribution < 1.29 is 46.6 Å². The Hall–Kier alpha value is -8.99. The van der Waals surface area contributed by atoms with Crippen molar-refractivity contribution in [2.24, 2.45) is 0 Å². The first-order valence-corrected chi connectivity index (χ1v) is 22.2. The summed E-state index contributed by atoms with van der Waals surface area (Å²) in [5.74, 6) is -1.19. The molecule has 9 rings (SSSR count). The first-order valence-electron chi connectivity index (χ1n) is 22.2. The number of aryl methyl sites for hydroxylation is 1. The van der Waals surface area contributed by atoms with Crippen molar-refractivity contribution in [3.63, 3.8) is 0 Å². The SMILES string of the molecule is COc1cccc2cc(C(=O)NCCCCc3cc(OC)c4oc(=O)c(C(=O)Nc5cccc(-c6cc(OC)c7oc(=O)c(C(=O)Nc8ccc9c(c8)N(C(C)=O)CC9)cc7c6)c5)cc4c3)c(=O)oc12. The van der Waals surface area contributed by atoms with E-state index in [0.29, 0.717) is 88.1 Å². The Morgan fingerprint density at radius 3 is 1.81 bits per heavy atom. The highest BCUT2D eigenvalue weighted by Crippen LogP contribution is 2.35. The topological polar surface area (TPSA) is 226 Å². The third kappa shape index (κ3) is 9.19. The Balaban J connectivity index is 0.886. The molecule has 70 heavy (non-hydrogen) atoms. The maximum absolute atomic E-state index is 13.7. The number of fused-ring (bicyclic) bond motifs is 4. The number of nitrogens with zero attached hydrogens (tertiary/aromatic N) is 1. The molecule has 0 saturated carbocycles. The Kier molecular flexibility index (Phi) is 12.7. The van der Waals surface area contributed by atoms with Gasteiger partial charge in [-0.3, -0.25) is 19.2 Å². The minimum absolute atomic E-state index is 0.115. The molecular formula is C53H44N4O13. The molecule has 17 nitrogen and oxygen atoms in total. The minimum Gasteiger partial charge on any atom is -0.493 e. The average Bonchev–Trinajstić information content (AvgIpc) is 3.79. The zero-order valence-corrected chi connectivity index (χ0v) is 38.3. The van der Waals surface area contributed by atoms with Crippen LogP contribution in [0, 0.1) is 0 Å². The zero-order chi connectivity index (χ0) is 49.2. The summed E-state index contributed by atoms with van der Waals surface area (Å²) in [4.78, 5) is 93.0. The number of hydrogen-bond donors (Lipinski definition) is 3. The smallest absolute Gasteiger partial charge is 0.349 e. The maximum Gasteiger partial charge on any atom is 0.349 e. The number of methoxy groups -OCH3 is 3. The van der Waals surface area contributed by atoms with Gasteiger partial charge in [-0.1, -0.05) is 30.3 Å². The van der Waals surface area contributed by atoms with Crippen molar-refractivity contribution in [3.8, 4) is 28.4 Å². The zero-order valence-electron chi connectivity index (χ0n) is 38.3. The maximum atomic E-state index is 13.7. The van der Waals surface area contributed by atoms with Gasteiger partial charge in [0.05, 0.1) is 21.3 Å². The average molecular weight is 945 g/mol. The van der Waals surface area contributed by atoms with Gasteiger partial charge in [0, 0.05) is 53.2 Å². The fraction of sp³-hybridized carbons (Fsp3) is 0.189. The van der Waals surface area contributed by atoms with E-state index >= 15 is 0 Å². The van der Waals surface area contributed by atoms with Crippen molar-refractivity contribution in [3.05, 3.63) is 162 Å². The Morgan fingerprint density at radius 2 is 1.16 bits per heavy atom. The number of benzene rings is 5. The molecule has 0 unspecified atom stereocenters. The number of amides is 4. The van der Waals surface area contributed by atoms with E-state index in [0.717, 1.165) is 11.1 Å². The van der Waals surface area contributed by atoms with Crippen LogP contribution < -0.4 is 51.9 Å². The van der Waals surface area contributed by atoms with Crippen molar-refractivity contribution in [1.82, 2.24) is 5.32 Å². The van der Waals surface area contributed by atoms with Gasteiger partial charge in [0.15, 0.2) is 34.0 Å². The van der Waals surface area contributed by atoms with E-state index in [4.69, 9.17) is 27.5 Å². The molecule has 0 radical (unpaired) electrons. The Morgan fingerprint density at radius 1 is 0.571 bits per heavy atom. The number of hydrogen-bond acceptors (Lipinski definition) is 13. The van der Waals surface area contributed by atoms with Crippen molar-refractivity contribution in [2.75, 3.05) is 50.0 Å². The number of ether oxygens (including phenoxy) is 3. The number of para-hydroxylation sites is 1. The molecule has 0 fully saturated rings. The van der Waals surface area contributed by atoms with Crippen molar-refractivity contribution in [2.45, 2.75) is 32.6 Å². The molecule has 17 heteroatoms. The molecule has 8 aromatic rings. The van der Waals surface area contributed by atoms with E-state index < -0.39 is 34.6 Å². The predicted octanol–water partition coefficient (Wildman–Crippen LogP) is 7.86.